The van der Waals surface area contributed by atoms with E-state index in [1.165, 1.54) is 49.0 Å². The normalized spacial score (nSPS) is 17.4. The molecule has 1 aromatic carbocycles. The van der Waals surface area contributed by atoms with Crippen molar-refractivity contribution in [1.29, 1.82) is 0 Å². The Morgan fingerprint density at radius 3 is 2.60 bits per heavy atom. The van der Waals surface area contributed by atoms with Crippen LogP contribution in [0.2, 0.25) is 0 Å². The molecule has 1 fully saturated rings. The molecule has 1 atom stereocenters. The Hall–Kier alpha value is -1.02. The zero-order valence-corrected chi connectivity index (χ0v) is 13.4. The molecule has 2 rings (SSSR count). The number of anilines is 1. The average Bonchev–Trinajstić information content (AvgIpc) is 2.93. The predicted octanol–water partition coefficient (Wildman–Crippen LogP) is 3.90. The Labute approximate surface area is 124 Å². The fraction of sp³-hybridized carbons (Fsp3) is 0.667. The SMILES string of the molecule is CCC(N)Cc1ccc(N(C)CC2CCCC2)cc1C. The molecule has 0 heterocycles. The Balaban J connectivity index is 1.99. The Morgan fingerprint density at radius 2 is 2.00 bits per heavy atom. The van der Waals surface area contributed by atoms with E-state index in [0.717, 1.165) is 18.8 Å². The summed E-state index contributed by atoms with van der Waals surface area (Å²) in [7, 11) is 2.23. The molecule has 0 aromatic heterocycles. The molecule has 0 radical (unpaired) electrons. The fourth-order valence-corrected chi connectivity index (χ4v) is 3.26. The van der Waals surface area contributed by atoms with Crippen LogP contribution in [-0.4, -0.2) is 19.6 Å². The van der Waals surface area contributed by atoms with E-state index in [4.69, 9.17) is 5.73 Å². The van der Waals surface area contributed by atoms with Crippen LogP contribution < -0.4 is 10.6 Å². The van der Waals surface area contributed by atoms with Crippen LogP contribution in [0, 0.1) is 12.8 Å². The van der Waals surface area contributed by atoms with Gasteiger partial charge in [0, 0.05) is 25.3 Å². The molecular weight excluding hydrogens is 244 g/mol. The summed E-state index contributed by atoms with van der Waals surface area (Å²) < 4.78 is 0. The summed E-state index contributed by atoms with van der Waals surface area (Å²) in [6.45, 7) is 5.57. The van der Waals surface area contributed by atoms with Gasteiger partial charge >= 0.3 is 0 Å². The number of benzene rings is 1. The summed E-state index contributed by atoms with van der Waals surface area (Å²) in [5.74, 6) is 0.897. The third-order valence-electron chi connectivity index (χ3n) is 4.78. The predicted molar refractivity (Wildman–Crippen MR) is 88.4 cm³/mol. The van der Waals surface area contributed by atoms with Gasteiger partial charge in [-0.15, -0.1) is 0 Å². The second-order valence-electron chi connectivity index (χ2n) is 6.51. The minimum Gasteiger partial charge on any atom is -0.374 e. The third-order valence-corrected chi connectivity index (χ3v) is 4.78. The van der Waals surface area contributed by atoms with Crippen molar-refractivity contribution in [3.63, 3.8) is 0 Å². The number of nitrogens with zero attached hydrogens (tertiary/aromatic N) is 1. The van der Waals surface area contributed by atoms with Crippen molar-refractivity contribution in [2.24, 2.45) is 11.7 Å². The van der Waals surface area contributed by atoms with Gasteiger partial charge in [0.05, 0.1) is 0 Å². The zero-order chi connectivity index (χ0) is 14.5. The molecule has 0 amide bonds. The molecule has 0 spiro atoms. The van der Waals surface area contributed by atoms with Gasteiger partial charge in [-0.3, -0.25) is 0 Å². The number of hydrogen-bond donors (Lipinski definition) is 1. The largest absolute Gasteiger partial charge is 0.374 e. The van der Waals surface area contributed by atoms with E-state index in [1.54, 1.807) is 0 Å². The maximum atomic E-state index is 6.07. The number of rotatable bonds is 6. The molecule has 2 N–H and O–H groups in total. The molecule has 0 bridgehead atoms. The molecule has 0 saturated heterocycles. The van der Waals surface area contributed by atoms with Gasteiger partial charge < -0.3 is 10.6 Å². The Bertz CT molecular complexity index is 421. The van der Waals surface area contributed by atoms with Gasteiger partial charge in [0.1, 0.15) is 0 Å². The van der Waals surface area contributed by atoms with Gasteiger partial charge in [-0.05, 0) is 61.8 Å². The topological polar surface area (TPSA) is 29.3 Å². The van der Waals surface area contributed by atoms with Crippen molar-refractivity contribution in [3.8, 4) is 0 Å². The Morgan fingerprint density at radius 1 is 1.30 bits per heavy atom. The summed E-state index contributed by atoms with van der Waals surface area (Å²) in [6, 6.07) is 7.15. The van der Waals surface area contributed by atoms with Crippen molar-refractivity contribution >= 4 is 5.69 Å². The summed E-state index contributed by atoms with van der Waals surface area (Å²) in [6.07, 6.45) is 7.70. The van der Waals surface area contributed by atoms with Crippen LogP contribution in [0.1, 0.15) is 50.2 Å². The van der Waals surface area contributed by atoms with Crippen LogP contribution in [0.4, 0.5) is 5.69 Å². The minimum atomic E-state index is 0.288. The van der Waals surface area contributed by atoms with Gasteiger partial charge in [-0.1, -0.05) is 25.8 Å². The van der Waals surface area contributed by atoms with Gasteiger partial charge in [-0.25, -0.2) is 0 Å². The standard InChI is InChI=1S/C18H30N2/c1-4-17(19)12-16-9-10-18(11-14(16)2)20(3)13-15-7-5-6-8-15/h9-11,15,17H,4-8,12-13,19H2,1-3H3. The molecule has 1 unspecified atom stereocenters. The molecule has 1 saturated carbocycles. The summed E-state index contributed by atoms with van der Waals surface area (Å²) >= 11 is 0. The van der Waals surface area contributed by atoms with Crippen LogP contribution in [0.25, 0.3) is 0 Å². The van der Waals surface area contributed by atoms with Crippen molar-refractivity contribution < 1.29 is 0 Å². The lowest BCUT2D eigenvalue weighted by atomic mass is 9.99. The van der Waals surface area contributed by atoms with Crippen LogP contribution in [0.5, 0.6) is 0 Å². The number of nitrogens with two attached hydrogens (primary N) is 1. The minimum absolute atomic E-state index is 0.288. The van der Waals surface area contributed by atoms with E-state index in [9.17, 15) is 0 Å². The number of aryl methyl sites for hydroxylation is 1. The number of hydrogen-bond acceptors (Lipinski definition) is 2. The molecule has 1 aliphatic rings. The molecular formula is C18H30N2. The second kappa shape index (κ2) is 7.12. The zero-order valence-electron chi connectivity index (χ0n) is 13.4. The maximum Gasteiger partial charge on any atom is 0.0366 e. The van der Waals surface area contributed by atoms with E-state index in [1.807, 2.05) is 0 Å². The maximum absolute atomic E-state index is 6.07. The van der Waals surface area contributed by atoms with E-state index < -0.39 is 0 Å². The molecule has 112 valence electrons. The quantitative estimate of drug-likeness (QED) is 0.852. The first-order chi connectivity index (χ1) is 9.60. The van der Waals surface area contributed by atoms with Crippen molar-refractivity contribution in [2.75, 3.05) is 18.5 Å². The highest BCUT2D eigenvalue weighted by Gasteiger charge is 2.17. The van der Waals surface area contributed by atoms with Crippen LogP contribution in [-0.2, 0) is 6.42 Å². The first-order valence-corrected chi connectivity index (χ1v) is 8.16. The second-order valence-corrected chi connectivity index (χ2v) is 6.51. The lowest BCUT2D eigenvalue weighted by molar-refractivity contribution is 0.547. The summed E-state index contributed by atoms with van der Waals surface area (Å²) in [4.78, 5) is 2.42. The van der Waals surface area contributed by atoms with Crippen molar-refractivity contribution in [2.45, 2.75) is 58.4 Å². The summed E-state index contributed by atoms with van der Waals surface area (Å²) in [5.41, 5.74) is 10.2. The summed E-state index contributed by atoms with van der Waals surface area (Å²) in [5, 5.41) is 0. The molecule has 20 heavy (non-hydrogen) atoms. The molecule has 0 aliphatic heterocycles. The molecule has 1 aromatic rings. The monoisotopic (exact) mass is 274 g/mol. The fourth-order valence-electron chi connectivity index (χ4n) is 3.26. The first-order valence-electron chi connectivity index (χ1n) is 8.16. The van der Waals surface area contributed by atoms with Crippen molar-refractivity contribution in [3.05, 3.63) is 29.3 Å². The Kier molecular flexibility index (Phi) is 5.47. The molecule has 1 aliphatic carbocycles. The van der Waals surface area contributed by atoms with Crippen LogP contribution >= 0.6 is 0 Å². The van der Waals surface area contributed by atoms with E-state index in [-0.39, 0.29) is 6.04 Å². The first kappa shape index (κ1) is 15.4. The van der Waals surface area contributed by atoms with E-state index >= 15 is 0 Å². The van der Waals surface area contributed by atoms with E-state index in [0.29, 0.717) is 0 Å². The highest BCUT2D eigenvalue weighted by Crippen LogP contribution is 2.27. The lowest BCUT2D eigenvalue weighted by Gasteiger charge is -2.24. The smallest absolute Gasteiger partial charge is 0.0366 e. The van der Waals surface area contributed by atoms with Gasteiger partial charge in [0.2, 0.25) is 0 Å². The third kappa shape index (κ3) is 3.99. The highest BCUT2D eigenvalue weighted by molar-refractivity contribution is 5.50. The lowest BCUT2D eigenvalue weighted by Crippen LogP contribution is -2.24. The van der Waals surface area contributed by atoms with Gasteiger partial charge in [-0.2, -0.15) is 0 Å². The van der Waals surface area contributed by atoms with Gasteiger partial charge in [0.25, 0.3) is 0 Å². The van der Waals surface area contributed by atoms with Crippen molar-refractivity contribution in [1.82, 2.24) is 0 Å². The van der Waals surface area contributed by atoms with Crippen LogP contribution in [0.3, 0.4) is 0 Å². The average molecular weight is 274 g/mol. The molecule has 2 nitrogen and oxygen atoms in total. The van der Waals surface area contributed by atoms with E-state index in [2.05, 4.69) is 44.0 Å². The molecule has 2 heteroatoms. The highest BCUT2D eigenvalue weighted by atomic mass is 15.1. The van der Waals surface area contributed by atoms with Gasteiger partial charge in [0.15, 0.2) is 0 Å². The van der Waals surface area contributed by atoms with Crippen LogP contribution in [0.15, 0.2) is 18.2 Å².